The molecule has 2 rings (SSSR count). The summed E-state index contributed by atoms with van der Waals surface area (Å²) in [5, 5.41) is 0. The fraction of sp³-hybridized carbons (Fsp3) is 0.471. The Morgan fingerprint density at radius 2 is 1.95 bits per heavy atom. The van der Waals surface area contributed by atoms with Gasteiger partial charge in [0.2, 0.25) is 5.91 Å². The summed E-state index contributed by atoms with van der Waals surface area (Å²) in [6, 6.07) is 5.10. The van der Waals surface area contributed by atoms with Crippen molar-refractivity contribution in [1.29, 1.82) is 0 Å². The van der Waals surface area contributed by atoms with Crippen molar-refractivity contribution < 1.29 is 14.4 Å². The second-order valence-corrected chi connectivity index (χ2v) is 5.54. The number of hydrogen-bond acceptors (Lipinski definition) is 3. The molecule has 0 atom stereocenters. The molecule has 1 heterocycles. The summed E-state index contributed by atoms with van der Waals surface area (Å²) in [5.74, 6) is -0.450. The van der Waals surface area contributed by atoms with Crippen LogP contribution in [0.2, 0.25) is 0 Å². The van der Waals surface area contributed by atoms with Gasteiger partial charge in [0.05, 0.1) is 6.42 Å². The molecule has 0 unspecified atom stereocenters. The number of carbonyl (C=O) groups is 3. The lowest BCUT2D eigenvalue weighted by molar-refractivity contribution is -0.127. The van der Waals surface area contributed by atoms with Gasteiger partial charge in [-0.3, -0.25) is 19.3 Å². The van der Waals surface area contributed by atoms with Crippen LogP contribution in [0, 0.1) is 0 Å². The van der Waals surface area contributed by atoms with Gasteiger partial charge in [-0.1, -0.05) is 38.3 Å². The minimum atomic E-state index is -0.318. The lowest BCUT2D eigenvalue weighted by Crippen LogP contribution is -2.39. The maximum Gasteiger partial charge on any atom is 0.260 e. The molecular formula is C17H21NO3. The molecule has 4 heteroatoms. The van der Waals surface area contributed by atoms with Crippen molar-refractivity contribution in [2.24, 2.45) is 0 Å². The van der Waals surface area contributed by atoms with Crippen LogP contribution >= 0.6 is 0 Å². The van der Waals surface area contributed by atoms with Crippen molar-refractivity contribution in [3.05, 3.63) is 34.9 Å². The van der Waals surface area contributed by atoms with E-state index in [2.05, 4.69) is 6.92 Å². The summed E-state index contributed by atoms with van der Waals surface area (Å²) in [4.78, 5) is 37.0. The van der Waals surface area contributed by atoms with Crippen LogP contribution in [-0.4, -0.2) is 29.5 Å². The van der Waals surface area contributed by atoms with Crippen LogP contribution in [0.15, 0.2) is 18.2 Å². The van der Waals surface area contributed by atoms with Crippen LogP contribution in [-0.2, 0) is 11.2 Å². The van der Waals surface area contributed by atoms with Gasteiger partial charge in [-0.25, -0.2) is 0 Å². The average Bonchev–Trinajstić information content (AvgIpc) is 2.49. The molecule has 1 aromatic carbocycles. The number of nitrogens with zero attached hydrogens (tertiary/aromatic N) is 1. The van der Waals surface area contributed by atoms with Gasteiger partial charge in [0, 0.05) is 24.6 Å². The predicted molar refractivity (Wildman–Crippen MR) is 80.3 cm³/mol. The lowest BCUT2D eigenvalue weighted by atomic mass is 9.94. The summed E-state index contributed by atoms with van der Waals surface area (Å²) in [6.07, 6.45) is 4.97. The highest BCUT2D eigenvalue weighted by molar-refractivity contribution is 6.10. The monoisotopic (exact) mass is 287 g/mol. The molecular weight excluding hydrogens is 266 g/mol. The number of rotatable bonds is 6. The van der Waals surface area contributed by atoms with E-state index in [-0.39, 0.29) is 24.0 Å². The minimum absolute atomic E-state index is 0.0706. The van der Waals surface area contributed by atoms with Crippen LogP contribution in [0.25, 0.3) is 0 Å². The summed E-state index contributed by atoms with van der Waals surface area (Å²) in [7, 11) is 1.48. The van der Waals surface area contributed by atoms with E-state index >= 15 is 0 Å². The largest absolute Gasteiger partial charge is 0.294 e. The molecule has 21 heavy (non-hydrogen) atoms. The van der Waals surface area contributed by atoms with Crippen molar-refractivity contribution in [2.75, 3.05) is 7.05 Å². The number of imide groups is 1. The summed E-state index contributed by atoms with van der Waals surface area (Å²) < 4.78 is 0. The highest BCUT2D eigenvalue weighted by atomic mass is 16.2. The summed E-state index contributed by atoms with van der Waals surface area (Å²) in [5.41, 5.74) is 1.77. The second-order valence-electron chi connectivity index (χ2n) is 5.54. The SMILES string of the molecule is CCCCCCC(=O)c1ccc2c(c1)C(=O)N(C)C(=O)C2. The Labute approximate surface area is 125 Å². The molecule has 0 spiro atoms. The highest BCUT2D eigenvalue weighted by Gasteiger charge is 2.28. The van der Waals surface area contributed by atoms with Crippen molar-refractivity contribution >= 4 is 17.6 Å². The van der Waals surface area contributed by atoms with Gasteiger partial charge in [-0.05, 0) is 18.1 Å². The third-order valence-electron chi connectivity index (χ3n) is 3.94. The van der Waals surface area contributed by atoms with Gasteiger partial charge < -0.3 is 0 Å². The minimum Gasteiger partial charge on any atom is -0.294 e. The zero-order valence-electron chi connectivity index (χ0n) is 12.6. The van der Waals surface area contributed by atoms with Crippen molar-refractivity contribution in [1.82, 2.24) is 4.90 Å². The van der Waals surface area contributed by atoms with Crippen LogP contribution < -0.4 is 0 Å². The fourth-order valence-electron chi connectivity index (χ4n) is 2.54. The maximum atomic E-state index is 12.2. The number of likely N-dealkylation sites (N-methyl/N-ethyl adjacent to an activating group) is 1. The van der Waals surface area contributed by atoms with Crippen molar-refractivity contribution in [3.63, 3.8) is 0 Å². The Bertz CT molecular complexity index is 577. The predicted octanol–water partition coefficient (Wildman–Crippen LogP) is 2.99. The molecule has 0 aromatic heterocycles. The molecule has 112 valence electrons. The third-order valence-corrected chi connectivity index (χ3v) is 3.94. The number of unbranched alkanes of at least 4 members (excludes halogenated alkanes) is 3. The zero-order chi connectivity index (χ0) is 15.4. The van der Waals surface area contributed by atoms with Crippen LogP contribution in [0.3, 0.4) is 0 Å². The number of benzene rings is 1. The molecule has 0 radical (unpaired) electrons. The smallest absolute Gasteiger partial charge is 0.260 e. The molecule has 0 bridgehead atoms. The average molecular weight is 287 g/mol. The van der Waals surface area contributed by atoms with E-state index in [0.29, 0.717) is 23.1 Å². The summed E-state index contributed by atoms with van der Waals surface area (Å²) in [6.45, 7) is 2.13. The van der Waals surface area contributed by atoms with E-state index in [1.165, 1.54) is 7.05 Å². The number of hydrogen-bond donors (Lipinski definition) is 0. The van der Waals surface area contributed by atoms with Gasteiger partial charge in [-0.15, -0.1) is 0 Å². The first-order chi connectivity index (χ1) is 10.0. The Kier molecular flexibility index (Phi) is 4.89. The Balaban J connectivity index is 2.12. The van der Waals surface area contributed by atoms with Crippen LogP contribution in [0.5, 0.6) is 0 Å². The van der Waals surface area contributed by atoms with Gasteiger partial charge in [0.15, 0.2) is 5.78 Å². The Morgan fingerprint density at radius 1 is 1.19 bits per heavy atom. The fourth-order valence-corrected chi connectivity index (χ4v) is 2.54. The molecule has 1 aliphatic rings. The van der Waals surface area contributed by atoms with E-state index in [4.69, 9.17) is 0 Å². The van der Waals surface area contributed by atoms with E-state index < -0.39 is 0 Å². The van der Waals surface area contributed by atoms with Crippen molar-refractivity contribution in [3.8, 4) is 0 Å². The highest BCUT2D eigenvalue weighted by Crippen LogP contribution is 2.21. The standard InChI is InChI=1S/C17H21NO3/c1-3-4-5-6-7-15(19)13-9-8-12-11-16(20)18(2)17(21)14(12)10-13/h8-10H,3-7,11H2,1-2H3. The van der Waals surface area contributed by atoms with Gasteiger partial charge >= 0.3 is 0 Å². The van der Waals surface area contributed by atoms with Gasteiger partial charge in [0.25, 0.3) is 5.91 Å². The van der Waals surface area contributed by atoms with E-state index in [1.54, 1.807) is 18.2 Å². The first-order valence-corrected chi connectivity index (χ1v) is 7.51. The Hall–Kier alpha value is -1.97. The molecule has 1 aromatic rings. The van der Waals surface area contributed by atoms with Gasteiger partial charge in [-0.2, -0.15) is 0 Å². The normalized spacial score (nSPS) is 14.3. The number of Topliss-reactive ketones (excluding diaryl/α,β-unsaturated/α-hetero) is 1. The second kappa shape index (κ2) is 6.66. The molecule has 0 saturated heterocycles. The molecule has 2 amide bonds. The van der Waals surface area contributed by atoms with Crippen LogP contribution in [0.4, 0.5) is 0 Å². The molecule has 4 nitrogen and oxygen atoms in total. The number of fused-ring (bicyclic) bond motifs is 1. The maximum absolute atomic E-state index is 12.2. The van der Waals surface area contributed by atoms with Crippen LogP contribution in [0.1, 0.15) is 65.3 Å². The molecule has 0 saturated carbocycles. The lowest BCUT2D eigenvalue weighted by Gasteiger charge is -2.23. The first-order valence-electron chi connectivity index (χ1n) is 7.51. The topological polar surface area (TPSA) is 54.5 Å². The van der Waals surface area contributed by atoms with E-state index in [1.807, 2.05) is 0 Å². The molecule has 0 fully saturated rings. The number of carbonyl (C=O) groups excluding carboxylic acids is 3. The van der Waals surface area contributed by atoms with E-state index in [9.17, 15) is 14.4 Å². The van der Waals surface area contributed by atoms with Gasteiger partial charge in [0.1, 0.15) is 0 Å². The number of ketones is 1. The number of amides is 2. The molecule has 1 aliphatic heterocycles. The van der Waals surface area contributed by atoms with E-state index in [0.717, 1.165) is 30.6 Å². The Morgan fingerprint density at radius 3 is 2.67 bits per heavy atom. The van der Waals surface area contributed by atoms with Crippen molar-refractivity contribution in [2.45, 2.75) is 45.4 Å². The zero-order valence-corrected chi connectivity index (χ0v) is 12.6. The summed E-state index contributed by atoms with van der Waals surface area (Å²) >= 11 is 0. The third kappa shape index (κ3) is 3.38. The quantitative estimate of drug-likeness (QED) is 0.459. The molecule has 0 aliphatic carbocycles. The first kappa shape index (κ1) is 15.4. The molecule has 0 N–H and O–H groups in total.